The van der Waals surface area contributed by atoms with Crippen molar-refractivity contribution in [1.82, 2.24) is 0 Å². The van der Waals surface area contributed by atoms with Crippen molar-refractivity contribution < 1.29 is 9.84 Å². The highest BCUT2D eigenvalue weighted by Crippen LogP contribution is 2.27. The van der Waals surface area contributed by atoms with Gasteiger partial charge in [0.25, 0.3) is 0 Å². The van der Waals surface area contributed by atoms with E-state index in [9.17, 15) is 5.11 Å². The number of halogens is 2. The molecule has 0 aliphatic carbocycles. The number of aliphatic hydroxyl groups excluding tert-OH is 1. The van der Waals surface area contributed by atoms with Gasteiger partial charge in [-0.15, -0.1) is 0 Å². The third kappa shape index (κ3) is 3.35. The largest absolute Gasteiger partial charge is 0.392 e. The molecule has 0 aromatic heterocycles. The van der Waals surface area contributed by atoms with Gasteiger partial charge in [0.05, 0.1) is 18.8 Å². The first kappa shape index (κ1) is 13.2. The number of hydrogen-bond acceptors (Lipinski definition) is 2. The molecule has 1 heterocycles. The van der Waals surface area contributed by atoms with Gasteiger partial charge in [-0.05, 0) is 37.1 Å². The standard InChI is InChI=1S/C13H16Cl2O2/c1-8-4-10(7-17-8)13(16)6-9-5-11(14)2-3-12(9)15/h2-3,5,8,10,13,16H,4,6-7H2,1H3. The van der Waals surface area contributed by atoms with Crippen LogP contribution in [0.5, 0.6) is 0 Å². The van der Waals surface area contributed by atoms with Gasteiger partial charge in [-0.1, -0.05) is 23.2 Å². The summed E-state index contributed by atoms with van der Waals surface area (Å²) < 4.78 is 5.46. The lowest BCUT2D eigenvalue weighted by Crippen LogP contribution is -2.23. The Morgan fingerprint density at radius 3 is 2.88 bits per heavy atom. The maximum atomic E-state index is 10.2. The average Bonchev–Trinajstić information content (AvgIpc) is 2.70. The fourth-order valence-corrected chi connectivity index (χ4v) is 2.60. The van der Waals surface area contributed by atoms with E-state index in [1.807, 2.05) is 13.0 Å². The second-order valence-corrected chi connectivity index (χ2v) is 5.49. The quantitative estimate of drug-likeness (QED) is 0.917. The van der Waals surface area contributed by atoms with Crippen LogP contribution in [-0.2, 0) is 11.2 Å². The van der Waals surface area contributed by atoms with Crippen molar-refractivity contribution in [2.45, 2.75) is 32.0 Å². The maximum Gasteiger partial charge on any atom is 0.0632 e. The van der Waals surface area contributed by atoms with Gasteiger partial charge in [0.15, 0.2) is 0 Å². The van der Waals surface area contributed by atoms with Crippen LogP contribution in [0.3, 0.4) is 0 Å². The SMILES string of the molecule is CC1CC(C(O)Cc2cc(Cl)ccc2Cl)CO1. The zero-order chi connectivity index (χ0) is 12.4. The van der Waals surface area contributed by atoms with Gasteiger partial charge in [-0.2, -0.15) is 0 Å². The first-order chi connectivity index (χ1) is 8.06. The summed E-state index contributed by atoms with van der Waals surface area (Å²) in [5.41, 5.74) is 0.895. The van der Waals surface area contributed by atoms with Gasteiger partial charge in [0.2, 0.25) is 0 Å². The summed E-state index contributed by atoms with van der Waals surface area (Å²) in [6.45, 7) is 2.65. The van der Waals surface area contributed by atoms with Crippen LogP contribution < -0.4 is 0 Å². The molecule has 3 atom stereocenters. The molecule has 1 N–H and O–H groups in total. The lowest BCUT2D eigenvalue weighted by molar-refractivity contribution is 0.0807. The minimum absolute atomic E-state index is 0.194. The Morgan fingerprint density at radius 1 is 1.47 bits per heavy atom. The maximum absolute atomic E-state index is 10.2. The third-order valence-electron chi connectivity index (χ3n) is 3.21. The number of benzene rings is 1. The van der Waals surface area contributed by atoms with Gasteiger partial charge in [-0.25, -0.2) is 0 Å². The van der Waals surface area contributed by atoms with Crippen LogP contribution in [0.2, 0.25) is 10.0 Å². The summed E-state index contributed by atoms with van der Waals surface area (Å²) in [7, 11) is 0. The predicted molar refractivity (Wildman–Crippen MR) is 69.7 cm³/mol. The van der Waals surface area contributed by atoms with E-state index in [1.54, 1.807) is 12.1 Å². The number of rotatable bonds is 3. The molecule has 1 aliphatic rings. The Balaban J connectivity index is 2.02. The molecule has 4 heteroatoms. The van der Waals surface area contributed by atoms with E-state index in [0.29, 0.717) is 23.1 Å². The van der Waals surface area contributed by atoms with Crippen molar-refractivity contribution in [2.24, 2.45) is 5.92 Å². The fraction of sp³-hybridized carbons (Fsp3) is 0.538. The highest BCUT2D eigenvalue weighted by Gasteiger charge is 2.28. The van der Waals surface area contributed by atoms with Gasteiger partial charge in [-0.3, -0.25) is 0 Å². The molecule has 0 bridgehead atoms. The molecule has 1 fully saturated rings. The highest BCUT2D eigenvalue weighted by atomic mass is 35.5. The topological polar surface area (TPSA) is 29.5 Å². The van der Waals surface area contributed by atoms with Gasteiger partial charge in [0, 0.05) is 22.4 Å². The monoisotopic (exact) mass is 274 g/mol. The molecule has 0 amide bonds. The lowest BCUT2D eigenvalue weighted by Gasteiger charge is -2.17. The molecule has 94 valence electrons. The van der Waals surface area contributed by atoms with Crippen LogP contribution in [0.15, 0.2) is 18.2 Å². The molecule has 17 heavy (non-hydrogen) atoms. The van der Waals surface area contributed by atoms with E-state index in [1.165, 1.54) is 0 Å². The Hall–Kier alpha value is -0.280. The zero-order valence-corrected chi connectivity index (χ0v) is 11.2. The smallest absolute Gasteiger partial charge is 0.0632 e. The molecule has 0 saturated carbocycles. The Labute approximate surface area is 111 Å². The second kappa shape index (κ2) is 5.57. The Bertz CT molecular complexity index is 395. The van der Waals surface area contributed by atoms with E-state index in [2.05, 4.69) is 0 Å². The van der Waals surface area contributed by atoms with Gasteiger partial charge in [0.1, 0.15) is 0 Å². The number of aliphatic hydroxyl groups is 1. The molecule has 1 aromatic rings. The molecule has 0 radical (unpaired) electrons. The predicted octanol–water partition coefficient (Wildman–Crippen LogP) is 3.32. The fourth-order valence-electron chi connectivity index (χ4n) is 2.21. The van der Waals surface area contributed by atoms with Crippen molar-refractivity contribution in [2.75, 3.05) is 6.61 Å². The first-order valence-electron chi connectivity index (χ1n) is 5.80. The van der Waals surface area contributed by atoms with E-state index < -0.39 is 6.10 Å². The summed E-state index contributed by atoms with van der Waals surface area (Å²) >= 11 is 12.0. The van der Waals surface area contributed by atoms with E-state index in [4.69, 9.17) is 27.9 Å². The second-order valence-electron chi connectivity index (χ2n) is 4.65. The van der Waals surface area contributed by atoms with Crippen molar-refractivity contribution in [1.29, 1.82) is 0 Å². The van der Waals surface area contributed by atoms with Crippen LogP contribution in [-0.4, -0.2) is 23.9 Å². The van der Waals surface area contributed by atoms with Crippen LogP contribution in [0.4, 0.5) is 0 Å². The highest BCUT2D eigenvalue weighted by molar-refractivity contribution is 6.33. The summed E-state index contributed by atoms with van der Waals surface area (Å²) in [6.07, 6.45) is 1.25. The molecule has 0 spiro atoms. The molecule has 1 saturated heterocycles. The lowest BCUT2D eigenvalue weighted by atomic mass is 9.94. The minimum Gasteiger partial charge on any atom is -0.392 e. The number of ether oxygens (including phenoxy) is 1. The van der Waals surface area contributed by atoms with E-state index >= 15 is 0 Å². The average molecular weight is 275 g/mol. The number of hydrogen-bond donors (Lipinski definition) is 1. The van der Waals surface area contributed by atoms with Crippen molar-refractivity contribution in [3.8, 4) is 0 Å². The van der Waals surface area contributed by atoms with Crippen LogP contribution in [0.1, 0.15) is 18.9 Å². The molecular formula is C13H16Cl2O2. The van der Waals surface area contributed by atoms with Crippen LogP contribution in [0.25, 0.3) is 0 Å². The summed E-state index contributed by atoms with van der Waals surface area (Å²) in [5, 5.41) is 11.5. The molecule has 2 nitrogen and oxygen atoms in total. The first-order valence-corrected chi connectivity index (χ1v) is 6.55. The summed E-state index contributed by atoms with van der Waals surface area (Å²) in [5.74, 6) is 0.194. The molecule has 1 aromatic carbocycles. The minimum atomic E-state index is -0.420. The molecular weight excluding hydrogens is 259 g/mol. The van der Waals surface area contributed by atoms with E-state index in [-0.39, 0.29) is 12.0 Å². The summed E-state index contributed by atoms with van der Waals surface area (Å²) in [6, 6.07) is 5.33. The Kier molecular flexibility index (Phi) is 4.31. The summed E-state index contributed by atoms with van der Waals surface area (Å²) in [4.78, 5) is 0. The van der Waals surface area contributed by atoms with Gasteiger partial charge < -0.3 is 9.84 Å². The van der Waals surface area contributed by atoms with Crippen molar-refractivity contribution in [3.63, 3.8) is 0 Å². The Morgan fingerprint density at radius 2 is 2.24 bits per heavy atom. The van der Waals surface area contributed by atoms with E-state index in [0.717, 1.165) is 12.0 Å². The molecule has 2 rings (SSSR count). The zero-order valence-electron chi connectivity index (χ0n) is 9.70. The molecule has 1 aliphatic heterocycles. The van der Waals surface area contributed by atoms with Gasteiger partial charge >= 0.3 is 0 Å². The van der Waals surface area contributed by atoms with Crippen molar-refractivity contribution >= 4 is 23.2 Å². The molecule has 3 unspecified atom stereocenters. The van der Waals surface area contributed by atoms with Crippen LogP contribution in [0, 0.1) is 5.92 Å². The normalized spacial score (nSPS) is 26.1. The van der Waals surface area contributed by atoms with Crippen molar-refractivity contribution in [3.05, 3.63) is 33.8 Å². The van der Waals surface area contributed by atoms with Crippen LogP contribution >= 0.6 is 23.2 Å². The third-order valence-corrected chi connectivity index (χ3v) is 3.81.